The fraction of sp³-hybridized carbons (Fsp3) is 0.400. The van der Waals surface area contributed by atoms with E-state index in [4.69, 9.17) is 11.6 Å². The average molecular weight is 409 g/mol. The topological polar surface area (TPSA) is 0 Å². The molecule has 0 bridgehead atoms. The number of hydrogen-bond acceptors (Lipinski definition) is 0. The van der Waals surface area contributed by atoms with Crippen LogP contribution >= 0.6 is 27.5 Å². The molecule has 0 spiro atoms. The SMILES string of the molecule is FC(F)(F)C(F)(F)C(F)(c1cc(Cl)cc(Br)c1)C(F)(F)F. The van der Waals surface area contributed by atoms with E-state index in [1.54, 1.807) is 0 Å². The Morgan fingerprint density at radius 2 is 1.24 bits per heavy atom. The van der Waals surface area contributed by atoms with Crippen molar-refractivity contribution in [2.45, 2.75) is 23.9 Å². The van der Waals surface area contributed by atoms with Gasteiger partial charge >= 0.3 is 23.9 Å². The molecule has 11 heteroatoms. The molecule has 0 N–H and O–H groups in total. The molecule has 0 saturated heterocycles. The summed E-state index contributed by atoms with van der Waals surface area (Å²) in [7, 11) is 0. The molecule has 1 rings (SSSR count). The van der Waals surface area contributed by atoms with Gasteiger partial charge in [-0.15, -0.1) is 0 Å². The number of halogens is 11. The van der Waals surface area contributed by atoms with Gasteiger partial charge in [0.05, 0.1) is 0 Å². The van der Waals surface area contributed by atoms with Gasteiger partial charge in [0.2, 0.25) is 0 Å². The van der Waals surface area contributed by atoms with Crippen molar-refractivity contribution in [2.24, 2.45) is 0 Å². The Labute approximate surface area is 125 Å². The molecule has 0 radical (unpaired) electrons. The summed E-state index contributed by atoms with van der Waals surface area (Å²) in [5.74, 6) is -6.71. The van der Waals surface area contributed by atoms with E-state index in [9.17, 15) is 39.5 Å². The summed E-state index contributed by atoms with van der Waals surface area (Å²) in [6, 6.07) is 1.10. The van der Waals surface area contributed by atoms with Gasteiger partial charge in [-0.05, 0) is 18.2 Å². The standard InChI is InChI=1S/C10H3BrClF9/c11-5-1-4(2-6(12)3-5)7(13,9(16,17)18)8(14,15)10(19,20)21/h1-3H. The lowest BCUT2D eigenvalue weighted by Gasteiger charge is -2.36. The number of benzene rings is 1. The van der Waals surface area contributed by atoms with Crippen LogP contribution in [0.15, 0.2) is 22.7 Å². The third-order valence-electron chi connectivity index (χ3n) is 2.44. The summed E-state index contributed by atoms with van der Waals surface area (Å²) in [5.41, 5.74) is -7.94. The minimum Gasteiger partial charge on any atom is -0.221 e. The van der Waals surface area contributed by atoms with Crippen molar-refractivity contribution in [1.29, 1.82) is 0 Å². The highest BCUT2D eigenvalue weighted by Gasteiger charge is 2.81. The van der Waals surface area contributed by atoms with Gasteiger partial charge in [-0.1, -0.05) is 27.5 Å². The second-order valence-electron chi connectivity index (χ2n) is 3.89. The molecule has 120 valence electrons. The van der Waals surface area contributed by atoms with Gasteiger partial charge < -0.3 is 0 Å². The van der Waals surface area contributed by atoms with Crippen molar-refractivity contribution in [2.75, 3.05) is 0 Å². The molecule has 0 amide bonds. The Morgan fingerprint density at radius 3 is 1.57 bits per heavy atom. The van der Waals surface area contributed by atoms with Crippen LogP contribution in [-0.4, -0.2) is 18.3 Å². The van der Waals surface area contributed by atoms with Crippen molar-refractivity contribution in [3.63, 3.8) is 0 Å². The fourth-order valence-electron chi connectivity index (χ4n) is 1.47. The van der Waals surface area contributed by atoms with Crippen LogP contribution in [-0.2, 0) is 5.67 Å². The summed E-state index contributed by atoms with van der Waals surface area (Å²) in [6.07, 6.45) is -13.3. The smallest absolute Gasteiger partial charge is 0.221 e. The third-order valence-corrected chi connectivity index (χ3v) is 3.12. The summed E-state index contributed by atoms with van der Waals surface area (Å²) in [6.45, 7) is 0. The first kappa shape index (κ1) is 18.4. The number of hydrogen-bond donors (Lipinski definition) is 0. The highest BCUT2D eigenvalue weighted by atomic mass is 79.9. The second kappa shape index (κ2) is 5.22. The van der Waals surface area contributed by atoms with E-state index in [0.717, 1.165) is 6.07 Å². The molecule has 0 saturated carbocycles. The Kier molecular flexibility index (Phi) is 4.58. The first-order valence-corrected chi connectivity index (χ1v) is 5.98. The fourth-order valence-corrected chi connectivity index (χ4v) is 2.33. The highest BCUT2D eigenvalue weighted by molar-refractivity contribution is 9.10. The van der Waals surface area contributed by atoms with Crippen LogP contribution in [0.3, 0.4) is 0 Å². The predicted octanol–water partition coefficient (Wildman–Crippen LogP) is 6.03. The molecule has 0 fully saturated rings. The van der Waals surface area contributed by atoms with Gasteiger partial charge in [-0.25, -0.2) is 4.39 Å². The minimum absolute atomic E-state index is 0.0550. The Hall–Kier alpha value is -0.640. The quantitative estimate of drug-likeness (QED) is 0.524. The number of rotatable bonds is 2. The first-order valence-electron chi connectivity index (χ1n) is 4.81. The van der Waals surface area contributed by atoms with Crippen LogP contribution in [0.2, 0.25) is 5.02 Å². The van der Waals surface area contributed by atoms with Gasteiger partial charge in [-0.3, -0.25) is 0 Å². The minimum atomic E-state index is -6.76. The molecule has 0 heterocycles. The zero-order valence-corrected chi connectivity index (χ0v) is 11.7. The molecule has 1 unspecified atom stereocenters. The molecule has 0 nitrogen and oxygen atoms in total. The molecule has 0 aliphatic rings. The van der Waals surface area contributed by atoms with Crippen LogP contribution < -0.4 is 0 Å². The van der Waals surface area contributed by atoms with Gasteiger partial charge in [0.15, 0.2) is 0 Å². The molecule has 21 heavy (non-hydrogen) atoms. The average Bonchev–Trinajstić information content (AvgIpc) is 2.22. The van der Waals surface area contributed by atoms with Crippen molar-refractivity contribution >= 4 is 27.5 Å². The largest absolute Gasteiger partial charge is 0.457 e. The number of alkyl halides is 9. The van der Waals surface area contributed by atoms with E-state index in [1.807, 2.05) is 0 Å². The molecule has 1 atom stereocenters. The van der Waals surface area contributed by atoms with Crippen molar-refractivity contribution in [3.05, 3.63) is 33.3 Å². The normalized spacial score (nSPS) is 16.7. The van der Waals surface area contributed by atoms with Gasteiger partial charge in [0, 0.05) is 15.1 Å². The van der Waals surface area contributed by atoms with Crippen molar-refractivity contribution < 1.29 is 39.5 Å². The van der Waals surface area contributed by atoms with E-state index in [2.05, 4.69) is 15.9 Å². The van der Waals surface area contributed by atoms with Crippen LogP contribution in [0.1, 0.15) is 5.56 Å². The third kappa shape index (κ3) is 2.96. The van der Waals surface area contributed by atoms with E-state index < -0.39 is 39.0 Å². The first-order chi connectivity index (χ1) is 9.14. The molecule has 1 aromatic carbocycles. The lowest BCUT2D eigenvalue weighted by Crippen LogP contribution is -2.59. The lowest BCUT2D eigenvalue weighted by molar-refractivity contribution is -0.389. The van der Waals surface area contributed by atoms with Crippen LogP contribution in [0.5, 0.6) is 0 Å². The highest BCUT2D eigenvalue weighted by Crippen LogP contribution is 2.58. The molecular formula is C10H3BrClF9. The maximum absolute atomic E-state index is 14.0. The van der Waals surface area contributed by atoms with E-state index in [0.29, 0.717) is 0 Å². The zero-order chi connectivity index (χ0) is 16.9. The monoisotopic (exact) mass is 408 g/mol. The van der Waals surface area contributed by atoms with Crippen LogP contribution in [0.4, 0.5) is 39.5 Å². The molecule has 0 aromatic heterocycles. The molecular weight excluding hydrogens is 406 g/mol. The maximum Gasteiger partial charge on any atom is 0.457 e. The Balaban J connectivity index is 3.71. The van der Waals surface area contributed by atoms with E-state index in [1.165, 1.54) is 0 Å². The van der Waals surface area contributed by atoms with Crippen LogP contribution in [0, 0.1) is 0 Å². The summed E-state index contributed by atoms with van der Waals surface area (Å²) in [4.78, 5) is 0. The van der Waals surface area contributed by atoms with Gasteiger partial charge in [0.25, 0.3) is 0 Å². The molecule has 1 aromatic rings. The molecule has 0 aliphatic heterocycles. The van der Waals surface area contributed by atoms with Gasteiger partial charge in [0.1, 0.15) is 0 Å². The maximum atomic E-state index is 14.0. The van der Waals surface area contributed by atoms with Crippen LogP contribution in [0.25, 0.3) is 0 Å². The summed E-state index contributed by atoms with van der Waals surface area (Å²) < 4.78 is 115. The lowest BCUT2D eigenvalue weighted by atomic mass is 9.88. The zero-order valence-electron chi connectivity index (χ0n) is 9.39. The Morgan fingerprint density at radius 1 is 0.762 bits per heavy atom. The summed E-state index contributed by atoms with van der Waals surface area (Å²) in [5, 5.41) is -0.649. The second-order valence-corrected chi connectivity index (χ2v) is 5.24. The van der Waals surface area contributed by atoms with Crippen molar-refractivity contribution in [1.82, 2.24) is 0 Å². The predicted molar refractivity (Wildman–Crippen MR) is 59.0 cm³/mol. The Bertz CT molecular complexity index is 516. The van der Waals surface area contributed by atoms with E-state index >= 15 is 0 Å². The van der Waals surface area contributed by atoms with E-state index in [-0.39, 0.29) is 12.1 Å². The van der Waals surface area contributed by atoms with Gasteiger partial charge in [-0.2, -0.15) is 35.1 Å². The van der Waals surface area contributed by atoms with Crippen molar-refractivity contribution in [3.8, 4) is 0 Å². The summed E-state index contributed by atoms with van der Waals surface area (Å²) >= 11 is 7.83. The molecule has 0 aliphatic carbocycles.